The van der Waals surface area contributed by atoms with Gasteiger partial charge in [0.05, 0.1) is 0 Å². The Labute approximate surface area is 154 Å². The SMILES string of the molecule is Cc1ccnc(OCc2cncc(-c3ccc4c(c3)CCCN4C)c2)c1. The van der Waals surface area contributed by atoms with Crippen LogP contribution >= 0.6 is 0 Å². The van der Waals surface area contributed by atoms with E-state index in [1.165, 1.54) is 23.2 Å². The minimum Gasteiger partial charge on any atom is -0.473 e. The quantitative estimate of drug-likeness (QED) is 0.702. The van der Waals surface area contributed by atoms with Crippen LogP contribution in [0.2, 0.25) is 0 Å². The minimum absolute atomic E-state index is 0.463. The summed E-state index contributed by atoms with van der Waals surface area (Å²) in [5.74, 6) is 0.646. The van der Waals surface area contributed by atoms with Gasteiger partial charge in [0.15, 0.2) is 0 Å². The van der Waals surface area contributed by atoms with Crippen molar-refractivity contribution < 1.29 is 4.74 Å². The number of hydrogen-bond acceptors (Lipinski definition) is 4. The third kappa shape index (κ3) is 3.54. The van der Waals surface area contributed by atoms with Crippen molar-refractivity contribution in [1.82, 2.24) is 9.97 Å². The minimum atomic E-state index is 0.463. The van der Waals surface area contributed by atoms with Crippen molar-refractivity contribution in [2.24, 2.45) is 0 Å². The van der Waals surface area contributed by atoms with Crippen LogP contribution in [-0.4, -0.2) is 23.6 Å². The average Bonchev–Trinajstić information content (AvgIpc) is 2.67. The number of rotatable bonds is 4. The summed E-state index contributed by atoms with van der Waals surface area (Å²) in [7, 11) is 2.16. The maximum Gasteiger partial charge on any atom is 0.213 e. The van der Waals surface area contributed by atoms with Crippen molar-refractivity contribution in [2.45, 2.75) is 26.4 Å². The number of pyridine rings is 2. The van der Waals surface area contributed by atoms with E-state index in [0.717, 1.165) is 29.7 Å². The first kappa shape index (κ1) is 16.6. The molecule has 4 rings (SSSR count). The summed E-state index contributed by atoms with van der Waals surface area (Å²) in [5.41, 5.74) is 7.28. The molecule has 1 aromatic carbocycles. The third-order valence-corrected chi connectivity index (χ3v) is 4.84. The van der Waals surface area contributed by atoms with Crippen LogP contribution in [0.1, 0.15) is 23.1 Å². The highest BCUT2D eigenvalue weighted by atomic mass is 16.5. The van der Waals surface area contributed by atoms with Gasteiger partial charge in [0, 0.05) is 55.1 Å². The Morgan fingerprint density at radius 2 is 2.00 bits per heavy atom. The van der Waals surface area contributed by atoms with E-state index in [1.54, 1.807) is 6.20 Å². The number of aromatic nitrogens is 2. The predicted molar refractivity (Wildman–Crippen MR) is 105 cm³/mol. The number of aryl methyl sites for hydroxylation is 2. The summed E-state index contributed by atoms with van der Waals surface area (Å²) in [4.78, 5) is 11.0. The highest BCUT2D eigenvalue weighted by Gasteiger charge is 2.14. The predicted octanol–water partition coefficient (Wildman–Crippen LogP) is 4.41. The molecule has 132 valence electrons. The van der Waals surface area contributed by atoms with Gasteiger partial charge in [-0.3, -0.25) is 4.98 Å². The molecule has 4 nitrogen and oxygen atoms in total. The van der Waals surface area contributed by atoms with Crippen LogP contribution in [0.4, 0.5) is 5.69 Å². The standard InChI is InChI=1S/C22H23N3O/c1-16-7-8-24-22(10-16)26-15-17-11-20(14-23-13-17)18-5-6-21-19(12-18)4-3-9-25(21)2/h5-8,10-14H,3-4,9,15H2,1-2H3. The fraction of sp³-hybridized carbons (Fsp3) is 0.273. The second-order valence-corrected chi connectivity index (χ2v) is 6.91. The summed E-state index contributed by atoms with van der Waals surface area (Å²) < 4.78 is 5.81. The fourth-order valence-electron chi connectivity index (χ4n) is 3.43. The largest absolute Gasteiger partial charge is 0.473 e. The first-order valence-corrected chi connectivity index (χ1v) is 9.03. The molecular weight excluding hydrogens is 322 g/mol. The Kier molecular flexibility index (Phi) is 4.57. The van der Waals surface area contributed by atoms with Crippen molar-refractivity contribution in [1.29, 1.82) is 0 Å². The fourth-order valence-corrected chi connectivity index (χ4v) is 3.43. The smallest absolute Gasteiger partial charge is 0.213 e. The zero-order valence-corrected chi connectivity index (χ0v) is 15.3. The van der Waals surface area contributed by atoms with Gasteiger partial charge < -0.3 is 9.64 Å². The van der Waals surface area contributed by atoms with Crippen LogP contribution in [0.3, 0.4) is 0 Å². The molecule has 0 fully saturated rings. The van der Waals surface area contributed by atoms with E-state index in [1.807, 2.05) is 31.5 Å². The van der Waals surface area contributed by atoms with Crippen molar-refractivity contribution in [3.05, 3.63) is 71.7 Å². The molecule has 0 saturated carbocycles. The van der Waals surface area contributed by atoms with Gasteiger partial charge in [-0.15, -0.1) is 0 Å². The molecule has 0 unspecified atom stereocenters. The van der Waals surface area contributed by atoms with Crippen LogP contribution in [0.25, 0.3) is 11.1 Å². The topological polar surface area (TPSA) is 38.3 Å². The van der Waals surface area contributed by atoms with E-state index in [4.69, 9.17) is 4.74 Å². The second kappa shape index (κ2) is 7.16. The average molecular weight is 345 g/mol. The van der Waals surface area contributed by atoms with Gasteiger partial charge in [-0.1, -0.05) is 6.07 Å². The third-order valence-electron chi connectivity index (χ3n) is 4.84. The molecule has 0 spiro atoms. The van der Waals surface area contributed by atoms with Crippen LogP contribution in [-0.2, 0) is 13.0 Å². The number of ether oxygens (including phenoxy) is 1. The Bertz CT molecular complexity index is 923. The summed E-state index contributed by atoms with van der Waals surface area (Å²) in [6.45, 7) is 3.63. The molecule has 26 heavy (non-hydrogen) atoms. The number of fused-ring (bicyclic) bond motifs is 1. The molecule has 2 aromatic heterocycles. The van der Waals surface area contributed by atoms with Gasteiger partial charge in [0.2, 0.25) is 5.88 Å². The van der Waals surface area contributed by atoms with E-state index in [9.17, 15) is 0 Å². The van der Waals surface area contributed by atoms with E-state index >= 15 is 0 Å². The highest BCUT2D eigenvalue weighted by Crippen LogP contribution is 2.31. The van der Waals surface area contributed by atoms with E-state index < -0.39 is 0 Å². The highest BCUT2D eigenvalue weighted by molar-refractivity contribution is 5.69. The summed E-state index contributed by atoms with van der Waals surface area (Å²) >= 11 is 0. The first-order valence-electron chi connectivity index (χ1n) is 9.03. The molecule has 0 bridgehead atoms. The lowest BCUT2D eigenvalue weighted by molar-refractivity contribution is 0.293. The Morgan fingerprint density at radius 1 is 1.08 bits per heavy atom. The normalized spacial score (nSPS) is 13.4. The van der Waals surface area contributed by atoms with Crippen LogP contribution in [0.15, 0.2) is 55.0 Å². The molecule has 3 aromatic rings. The molecule has 0 atom stereocenters. The zero-order chi connectivity index (χ0) is 17.9. The number of anilines is 1. The second-order valence-electron chi connectivity index (χ2n) is 6.91. The van der Waals surface area contributed by atoms with Crippen molar-refractivity contribution in [3.8, 4) is 17.0 Å². The van der Waals surface area contributed by atoms with Crippen molar-refractivity contribution in [2.75, 3.05) is 18.5 Å². The Morgan fingerprint density at radius 3 is 2.88 bits per heavy atom. The van der Waals surface area contributed by atoms with Gasteiger partial charge in [-0.05, 0) is 60.7 Å². The maximum atomic E-state index is 5.81. The molecule has 0 N–H and O–H groups in total. The van der Waals surface area contributed by atoms with Crippen molar-refractivity contribution >= 4 is 5.69 Å². The molecule has 0 radical (unpaired) electrons. The van der Waals surface area contributed by atoms with Crippen LogP contribution in [0, 0.1) is 6.92 Å². The summed E-state index contributed by atoms with van der Waals surface area (Å²) in [6.07, 6.45) is 7.89. The summed E-state index contributed by atoms with van der Waals surface area (Å²) in [6, 6.07) is 12.8. The Hall–Kier alpha value is -2.88. The van der Waals surface area contributed by atoms with Gasteiger partial charge in [-0.25, -0.2) is 4.98 Å². The van der Waals surface area contributed by atoms with Gasteiger partial charge in [0.1, 0.15) is 6.61 Å². The molecule has 3 heterocycles. The molecule has 0 saturated heterocycles. The van der Waals surface area contributed by atoms with Crippen molar-refractivity contribution in [3.63, 3.8) is 0 Å². The number of benzene rings is 1. The molecule has 0 amide bonds. The summed E-state index contributed by atoms with van der Waals surface area (Å²) in [5, 5.41) is 0. The monoisotopic (exact) mass is 345 g/mol. The lowest BCUT2D eigenvalue weighted by Gasteiger charge is -2.27. The number of nitrogens with zero attached hydrogens (tertiary/aromatic N) is 3. The van der Waals surface area contributed by atoms with Crippen LogP contribution in [0.5, 0.6) is 5.88 Å². The van der Waals surface area contributed by atoms with Gasteiger partial charge >= 0.3 is 0 Å². The molecule has 1 aliphatic rings. The lowest BCUT2D eigenvalue weighted by atomic mass is 9.97. The maximum absolute atomic E-state index is 5.81. The lowest BCUT2D eigenvalue weighted by Crippen LogP contribution is -2.24. The zero-order valence-electron chi connectivity index (χ0n) is 15.3. The van der Waals surface area contributed by atoms with Gasteiger partial charge in [0.25, 0.3) is 0 Å². The molecular formula is C22H23N3O. The van der Waals surface area contributed by atoms with E-state index in [2.05, 4.69) is 46.2 Å². The van der Waals surface area contributed by atoms with E-state index in [0.29, 0.717) is 12.5 Å². The molecule has 1 aliphatic heterocycles. The number of hydrogen-bond donors (Lipinski definition) is 0. The van der Waals surface area contributed by atoms with Crippen LogP contribution < -0.4 is 9.64 Å². The van der Waals surface area contributed by atoms with Gasteiger partial charge in [-0.2, -0.15) is 0 Å². The molecule has 0 aliphatic carbocycles. The Balaban J connectivity index is 1.54. The molecule has 4 heteroatoms. The van der Waals surface area contributed by atoms with E-state index in [-0.39, 0.29) is 0 Å². The first-order chi connectivity index (χ1) is 12.7.